The van der Waals surface area contributed by atoms with E-state index in [0.29, 0.717) is 6.42 Å². The number of benzene rings is 1. The topological polar surface area (TPSA) is 67.2 Å². The van der Waals surface area contributed by atoms with Crippen molar-refractivity contribution >= 4 is 16.9 Å². The molecule has 2 unspecified atom stereocenters. The zero-order valence-corrected chi connectivity index (χ0v) is 11.2. The van der Waals surface area contributed by atoms with Crippen molar-refractivity contribution in [1.82, 2.24) is 14.9 Å². The highest BCUT2D eigenvalue weighted by Crippen LogP contribution is 2.17. The lowest BCUT2D eigenvalue weighted by Gasteiger charge is -2.19. The van der Waals surface area contributed by atoms with E-state index >= 15 is 0 Å². The van der Waals surface area contributed by atoms with Gasteiger partial charge in [-0.25, -0.2) is 4.98 Å². The number of fused-ring (bicyclic) bond motifs is 1. The van der Waals surface area contributed by atoms with Gasteiger partial charge in [-0.2, -0.15) is 0 Å². The molecule has 0 aliphatic rings. The first-order valence-corrected chi connectivity index (χ1v) is 6.50. The van der Waals surface area contributed by atoms with E-state index < -0.39 is 0 Å². The minimum atomic E-state index is -0.354. The van der Waals surface area contributed by atoms with Gasteiger partial charge >= 0.3 is 0 Å². The van der Waals surface area contributed by atoms with Gasteiger partial charge in [0, 0.05) is 0 Å². The Morgan fingerprint density at radius 3 is 2.89 bits per heavy atom. The van der Waals surface area contributed by atoms with E-state index in [9.17, 15) is 4.79 Å². The molecule has 5 nitrogen and oxygen atoms in total. The SMILES string of the molecule is CCC(CO)NC(=O)C(C)n1cnc2ccccc21. The first-order chi connectivity index (χ1) is 9.17. The van der Waals surface area contributed by atoms with Crippen LogP contribution in [0.5, 0.6) is 0 Å². The van der Waals surface area contributed by atoms with E-state index in [2.05, 4.69) is 10.3 Å². The summed E-state index contributed by atoms with van der Waals surface area (Å²) in [7, 11) is 0. The van der Waals surface area contributed by atoms with Gasteiger partial charge in [0.2, 0.25) is 5.91 Å². The molecule has 5 heteroatoms. The number of aromatic nitrogens is 2. The molecule has 1 aromatic carbocycles. The summed E-state index contributed by atoms with van der Waals surface area (Å²) >= 11 is 0. The number of hydrogen-bond donors (Lipinski definition) is 2. The van der Waals surface area contributed by atoms with E-state index in [1.54, 1.807) is 6.33 Å². The van der Waals surface area contributed by atoms with Crippen molar-refractivity contribution in [3.8, 4) is 0 Å². The number of rotatable bonds is 5. The van der Waals surface area contributed by atoms with Crippen LogP contribution < -0.4 is 5.32 Å². The van der Waals surface area contributed by atoms with E-state index in [4.69, 9.17) is 5.11 Å². The normalized spacial score (nSPS) is 14.3. The van der Waals surface area contributed by atoms with Crippen LogP contribution in [0.1, 0.15) is 26.3 Å². The molecule has 0 saturated carbocycles. The van der Waals surface area contributed by atoms with Crippen LogP contribution in [0.2, 0.25) is 0 Å². The molecule has 0 bridgehead atoms. The fraction of sp³-hybridized carbons (Fsp3) is 0.429. The van der Waals surface area contributed by atoms with Gasteiger partial charge in [-0.05, 0) is 25.5 Å². The number of aliphatic hydroxyl groups excluding tert-OH is 1. The summed E-state index contributed by atoms with van der Waals surface area (Å²) in [4.78, 5) is 16.4. The zero-order valence-electron chi connectivity index (χ0n) is 11.2. The second-order valence-corrected chi connectivity index (χ2v) is 4.61. The summed E-state index contributed by atoms with van der Waals surface area (Å²) in [5.74, 6) is -0.107. The molecule has 19 heavy (non-hydrogen) atoms. The number of imidazole rings is 1. The predicted molar refractivity (Wildman–Crippen MR) is 73.8 cm³/mol. The average molecular weight is 261 g/mol. The molecule has 1 heterocycles. The minimum Gasteiger partial charge on any atom is -0.394 e. The van der Waals surface area contributed by atoms with Gasteiger partial charge in [0.15, 0.2) is 0 Å². The van der Waals surface area contributed by atoms with Crippen LogP contribution in [0.3, 0.4) is 0 Å². The zero-order chi connectivity index (χ0) is 13.8. The molecular formula is C14H19N3O2. The Balaban J connectivity index is 2.19. The van der Waals surface area contributed by atoms with Crippen molar-refractivity contribution in [3.63, 3.8) is 0 Å². The van der Waals surface area contributed by atoms with E-state index in [0.717, 1.165) is 11.0 Å². The van der Waals surface area contributed by atoms with Crippen molar-refractivity contribution < 1.29 is 9.90 Å². The molecule has 0 radical (unpaired) electrons. The van der Waals surface area contributed by atoms with Crippen molar-refractivity contribution in [2.75, 3.05) is 6.61 Å². The van der Waals surface area contributed by atoms with Gasteiger partial charge < -0.3 is 15.0 Å². The molecule has 2 rings (SSSR count). The Bertz CT molecular complexity index is 561. The Labute approximate surface area is 112 Å². The summed E-state index contributed by atoms with van der Waals surface area (Å²) in [5.41, 5.74) is 1.80. The van der Waals surface area contributed by atoms with Crippen LogP contribution in [0.15, 0.2) is 30.6 Å². The lowest BCUT2D eigenvalue weighted by molar-refractivity contribution is -0.124. The number of carbonyl (C=O) groups is 1. The number of amides is 1. The van der Waals surface area contributed by atoms with E-state index in [1.165, 1.54) is 0 Å². The molecule has 1 amide bonds. The highest BCUT2D eigenvalue weighted by atomic mass is 16.3. The maximum absolute atomic E-state index is 12.1. The lowest BCUT2D eigenvalue weighted by Crippen LogP contribution is -2.40. The van der Waals surface area contributed by atoms with Crippen molar-refractivity contribution in [1.29, 1.82) is 0 Å². The third-order valence-electron chi connectivity index (χ3n) is 3.34. The molecule has 1 aromatic heterocycles. The van der Waals surface area contributed by atoms with Crippen LogP contribution in [0.4, 0.5) is 0 Å². The number of nitrogens with one attached hydrogen (secondary N) is 1. The average Bonchev–Trinajstić information content (AvgIpc) is 2.87. The smallest absolute Gasteiger partial charge is 0.243 e. The summed E-state index contributed by atoms with van der Waals surface area (Å²) < 4.78 is 1.84. The van der Waals surface area contributed by atoms with E-state index in [1.807, 2.05) is 42.7 Å². The molecule has 0 aliphatic heterocycles. The van der Waals surface area contributed by atoms with Crippen LogP contribution in [-0.2, 0) is 4.79 Å². The molecule has 2 aromatic rings. The largest absolute Gasteiger partial charge is 0.394 e. The molecule has 0 spiro atoms. The minimum absolute atomic E-state index is 0.0420. The van der Waals surface area contributed by atoms with Gasteiger partial charge in [0.25, 0.3) is 0 Å². The monoisotopic (exact) mass is 261 g/mol. The van der Waals surface area contributed by atoms with Gasteiger partial charge in [0.1, 0.15) is 6.04 Å². The highest BCUT2D eigenvalue weighted by Gasteiger charge is 2.19. The summed E-state index contributed by atoms with van der Waals surface area (Å²) in [6, 6.07) is 7.16. The van der Waals surface area contributed by atoms with Crippen molar-refractivity contribution in [2.24, 2.45) is 0 Å². The van der Waals surface area contributed by atoms with Crippen LogP contribution in [-0.4, -0.2) is 33.2 Å². The summed E-state index contributed by atoms with van der Waals surface area (Å²) in [6.45, 7) is 3.71. The Morgan fingerprint density at radius 2 is 2.21 bits per heavy atom. The predicted octanol–water partition coefficient (Wildman–Crippen LogP) is 1.48. The highest BCUT2D eigenvalue weighted by molar-refractivity contribution is 5.83. The maximum atomic E-state index is 12.1. The second-order valence-electron chi connectivity index (χ2n) is 4.61. The molecule has 0 fully saturated rings. The van der Waals surface area contributed by atoms with Gasteiger partial charge in [-0.3, -0.25) is 4.79 Å². The third kappa shape index (κ3) is 2.76. The Hall–Kier alpha value is -1.88. The standard InChI is InChI=1S/C14H19N3O2/c1-3-11(8-18)16-14(19)10(2)17-9-15-12-6-4-5-7-13(12)17/h4-7,9-11,18H,3,8H2,1-2H3,(H,16,19). The van der Waals surface area contributed by atoms with Crippen LogP contribution in [0, 0.1) is 0 Å². The molecular weight excluding hydrogens is 242 g/mol. The van der Waals surface area contributed by atoms with Crippen LogP contribution >= 0.6 is 0 Å². The van der Waals surface area contributed by atoms with Crippen molar-refractivity contribution in [2.45, 2.75) is 32.4 Å². The Kier molecular flexibility index (Phi) is 4.16. The number of nitrogens with zero attached hydrogens (tertiary/aromatic N) is 2. The van der Waals surface area contributed by atoms with Gasteiger partial charge in [-0.1, -0.05) is 19.1 Å². The quantitative estimate of drug-likeness (QED) is 0.856. The maximum Gasteiger partial charge on any atom is 0.243 e. The summed E-state index contributed by atoms with van der Waals surface area (Å²) in [5, 5.41) is 12.0. The number of aliphatic hydroxyl groups is 1. The molecule has 0 saturated heterocycles. The Morgan fingerprint density at radius 1 is 1.47 bits per heavy atom. The van der Waals surface area contributed by atoms with Gasteiger partial charge in [-0.15, -0.1) is 0 Å². The fourth-order valence-corrected chi connectivity index (χ4v) is 2.01. The van der Waals surface area contributed by atoms with Crippen LogP contribution in [0.25, 0.3) is 11.0 Å². The van der Waals surface area contributed by atoms with Gasteiger partial charge in [0.05, 0.1) is 30.0 Å². The molecule has 0 aliphatic carbocycles. The third-order valence-corrected chi connectivity index (χ3v) is 3.34. The number of para-hydroxylation sites is 2. The first kappa shape index (κ1) is 13.5. The molecule has 102 valence electrons. The number of carbonyl (C=O) groups excluding carboxylic acids is 1. The molecule has 2 atom stereocenters. The summed E-state index contributed by atoms with van der Waals surface area (Å²) in [6.07, 6.45) is 2.38. The molecule has 2 N–H and O–H groups in total. The second kappa shape index (κ2) is 5.84. The lowest BCUT2D eigenvalue weighted by atomic mass is 10.2. The number of hydrogen-bond acceptors (Lipinski definition) is 3. The first-order valence-electron chi connectivity index (χ1n) is 6.50. The van der Waals surface area contributed by atoms with E-state index in [-0.39, 0.29) is 24.6 Å². The fourth-order valence-electron chi connectivity index (χ4n) is 2.01. The van der Waals surface area contributed by atoms with Crippen molar-refractivity contribution in [3.05, 3.63) is 30.6 Å².